The van der Waals surface area contributed by atoms with E-state index >= 15 is 0 Å². The van der Waals surface area contributed by atoms with Crippen LogP contribution in [0.15, 0.2) is 41.2 Å². The van der Waals surface area contributed by atoms with E-state index in [1.807, 2.05) is 24.3 Å². The maximum atomic E-state index is 13.1. The maximum Gasteiger partial charge on any atom is 0.321 e. The molecule has 0 aliphatic rings. The number of nitrogens with one attached hydrogen (secondary N) is 2. The van der Waals surface area contributed by atoms with E-state index in [-0.39, 0.29) is 12.4 Å². The van der Waals surface area contributed by atoms with Gasteiger partial charge in [0.2, 0.25) is 0 Å². The van der Waals surface area contributed by atoms with Gasteiger partial charge in [0.15, 0.2) is 17.1 Å². The van der Waals surface area contributed by atoms with E-state index in [1.165, 1.54) is 18.3 Å². The molecule has 4 aromatic rings. The summed E-state index contributed by atoms with van der Waals surface area (Å²) in [5.41, 5.74) is 2.67. The Kier molecular flexibility index (Phi) is 6.03. The quantitative estimate of drug-likeness (QED) is 0.442. The number of pyridine rings is 1. The molecular weight excluding hydrogens is 423 g/mol. The zero-order chi connectivity index (χ0) is 21.8. The molecule has 0 radical (unpaired) electrons. The summed E-state index contributed by atoms with van der Waals surface area (Å²) in [6, 6.07) is 7.33. The number of benzene rings is 1. The molecule has 1 unspecified atom stereocenters. The Morgan fingerprint density at radius 1 is 1.26 bits per heavy atom. The predicted octanol–water partition coefficient (Wildman–Crippen LogP) is 4.14. The highest BCUT2D eigenvalue weighted by Crippen LogP contribution is 2.31. The van der Waals surface area contributed by atoms with Gasteiger partial charge in [-0.25, -0.2) is 14.2 Å². The molecule has 0 saturated heterocycles. The van der Waals surface area contributed by atoms with Gasteiger partial charge in [0, 0.05) is 24.7 Å². The van der Waals surface area contributed by atoms with E-state index < -0.39 is 12.2 Å². The number of halogens is 1. The minimum absolute atomic E-state index is 0.0713. The van der Waals surface area contributed by atoms with E-state index in [4.69, 9.17) is 9.26 Å². The molecule has 2 amide bonds. The van der Waals surface area contributed by atoms with Crippen LogP contribution in [0.25, 0.3) is 21.3 Å². The lowest BCUT2D eigenvalue weighted by molar-refractivity contribution is 0.252. The van der Waals surface area contributed by atoms with Crippen LogP contribution in [-0.4, -0.2) is 39.8 Å². The van der Waals surface area contributed by atoms with Crippen LogP contribution in [-0.2, 0) is 6.42 Å². The largest absolute Gasteiger partial charge is 0.495 e. The summed E-state index contributed by atoms with van der Waals surface area (Å²) in [7, 11) is 1.60. The van der Waals surface area contributed by atoms with Gasteiger partial charge in [-0.1, -0.05) is 22.6 Å². The van der Waals surface area contributed by atoms with Crippen molar-refractivity contribution < 1.29 is 18.4 Å². The average molecular weight is 442 g/mol. The van der Waals surface area contributed by atoms with Crippen LogP contribution in [0.5, 0.6) is 5.75 Å². The van der Waals surface area contributed by atoms with Gasteiger partial charge in [0.05, 0.1) is 23.5 Å². The second-order valence-electron chi connectivity index (χ2n) is 6.61. The Balaban J connectivity index is 1.37. The zero-order valence-corrected chi connectivity index (χ0v) is 17.6. The van der Waals surface area contributed by atoms with Crippen LogP contribution >= 0.6 is 11.3 Å². The van der Waals surface area contributed by atoms with Crippen LogP contribution in [0.3, 0.4) is 0 Å². The van der Waals surface area contributed by atoms with Gasteiger partial charge in [-0.15, -0.1) is 0 Å². The average Bonchev–Trinajstić information content (AvgIpc) is 3.40. The smallest absolute Gasteiger partial charge is 0.321 e. The van der Waals surface area contributed by atoms with Crippen molar-refractivity contribution in [3.63, 3.8) is 0 Å². The van der Waals surface area contributed by atoms with E-state index in [0.29, 0.717) is 23.1 Å². The molecule has 11 heteroatoms. The fraction of sp³-hybridized carbons (Fsp3) is 0.250. The molecule has 0 aliphatic carbocycles. The van der Waals surface area contributed by atoms with Gasteiger partial charge in [0.25, 0.3) is 5.89 Å². The van der Waals surface area contributed by atoms with Crippen molar-refractivity contribution in [1.82, 2.24) is 25.4 Å². The normalized spacial score (nSPS) is 12.0. The number of fused-ring (bicyclic) bond motifs is 1. The highest BCUT2D eigenvalue weighted by atomic mass is 32.1. The second-order valence-corrected chi connectivity index (χ2v) is 7.64. The third-order valence-corrected chi connectivity index (χ3v) is 5.28. The molecule has 0 bridgehead atoms. The summed E-state index contributed by atoms with van der Waals surface area (Å²) in [5, 5.41) is 9.56. The molecule has 0 spiro atoms. The number of carbonyl (C=O) groups excluding carboxylic acids is 1. The molecule has 3 heterocycles. The molecule has 0 saturated carbocycles. The first kappa shape index (κ1) is 20.7. The van der Waals surface area contributed by atoms with Gasteiger partial charge in [-0.2, -0.15) is 4.98 Å². The van der Waals surface area contributed by atoms with Crippen LogP contribution < -0.4 is 15.4 Å². The van der Waals surface area contributed by atoms with Crippen molar-refractivity contribution in [2.75, 3.05) is 19.0 Å². The summed E-state index contributed by atoms with van der Waals surface area (Å²) in [6.07, 6.45) is 2.41. The van der Waals surface area contributed by atoms with Crippen molar-refractivity contribution in [2.24, 2.45) is 0 Å². The number of ether oxygens (including phenoxy) is 1. The summed E-state index contributed by atoms with van der Waals surface area (Å²) < 4.78 is 24.0. The van der Waals surface area contributed by atoms with Crippen molar-refractivity contribution in [3.8, 4) is 16.9 Å². The van der Waals surface area contributed by atoms with Gasteiger partial charge in [-0.3, -0.25) is 10.3 Å². The first-order chi connectivity index (χ1) is 15.0. The zero-order valence-electron chi connectivity index (χ0n) is 16.8. The number of thiazole rings is 1. The van der Waals surface area contributed by atoms with E-state index in [1.54, 1.807) is 19.5 Å². The number of methoxy groups -OCH3 is 1. The molecule has 160 valence electrons. The van der Waals surface area contributed by atoms with Crippen LogP contribution in [0, 0.1) is 0 Å². The van der Waals surface area contributed by atoms with Gasteiger partial charge >= 0.3 is 6.03 Å². The number of rotatable bonds is 7. The van der Waals surface area contributed by atoms with E-state index in [9.17, 15) is 9.18 Å². The topological polar surface area (TPSA) is 115 Å². The molecule has 3 aromatic heterocycles. The molecule has 2 N–H and O–H groups in total. The Morgan fingerprint density at radius 2 is 2.13 bits per heavy atom. The Hall–Kier alpha value is -3.60. The minimum Gasteiger partial charge on any atom is -0.495 e. The van der Waals surface area contributed by atoms with Gasteiger partial charge < -0.3 is 14.6 Å². The lowest BCUT2D eigenvalue weighted by Crippen LogP contribution is -2.30. The number of alkyl halides is 1. The van der Waals surface area contributed by atoms with Crippen molar-refractivity contribution >= 4 is 32.7 Å². The third-order valence-electron chi connectivity index (χ3n) is 4.35. The van der Waals surface area contributed by atoms with Crippen LogP contribution in [0.4, 0.5) is 14.3 Å². The standard InChI is InChI=1S/C20H19FN6O3S/c1-11(21)18-25-17(27-30-18)5-6-23-19(28)26-20-24-15-4-3-12(8-16(15)31-20)13-7-14(29-2)10-22-9-13/h3-4,7-11H,5-6H2,1-2H3,(H2,23,24,26,28). The van der Waals surface area contributed by atoms with E-state index in [2.05, 4.69) is 30.7 Å². The number of urea groups is 1. The summed E-state index contributed by atoms with van der Waals surface area (Å²) in [5.74, 6) is 0.939. The highest BCUT2D eigenvalue weighted by molar-refractivity contribution is 7.22. The Morgan fingerprint density at radius 3 is 2.90 bits per heavy atom. The van der Waals surface area contributed by atoms with Crippen molar-refractivity contribution in [3.05, 3.63) is 48.4 Å². The van der Waals surface area contributed by atoms with Crippen molar-refractivity contribution in [2.45, 2.75) is 19.5 Å². The SMILES string of the molecule is COc1cncc(-c2ccc3nc(NC(=O)NCCc4noc(C(C)F)n4)sc3c2)c1. The fourth-order valence-corrected chi connectivity index (χ4v) is 3.71. The minimum atomic E-state index is -1.32. The molecule has 9 nitrogen and oxygen atoms in total. The number of nitrogens with zero attached hydrogens (tertiary/aromatic N) is 4. The molecular formula is C20H19FN6O3S. The number of amides is 2. The number of anilines is 1. The lowest BCUT2D eigenvalue weighted by atomic mass is 10.1. The van der Waals surface area contributed by atoms with Gasteiger partial charge in [0.1, 0.15) is 5.75 Å². The van der Waals surface area contributed by atoms with Gasteiger partial charge in [-0.05, 0) is 30.7 Å². The summed E-state index contributed by atoms with van der Waals surface area (Å²) in [6.45, 7) is 1.58. The van der Waals surface area contributed by atoms with Crippen LogP contribution in [0.1, 0.15) is 24.8 Å². The molecule has 4 rings (SSSR count). The monoisotopic (exact) mass is 442 g/mol. The first-order valence-corrected chi connectivity index (χ1v) is 10.2. The number of carbonyl (C=O) groups is 1. The first-order valence-electron chi connectivity index (χ1n) is 9.43. The summed E-state index contributed by atoms with van der Waals surface area (Å²) in [4.78, 5) is 24.7. The predicted molar refractivity (Wildman–Crippen MR) is 114 cm³/mol. The Labute approximate surface area is 180 Å². The summed E-state index contributed by atoms with van der Waals surface area (Å²) >= 11 is 1.36. The van der Waals surface area contributed by atoms with E-state index in [0.717, 1.165) is 21.3 Å². The third kappa shape index (κ3) is 4.94. The molecule has 31 heavy (non-hydrogen) atoms. The fourth-order valence-electron chi connectivity index (χ4n) is 2.81. The van der Waals surface area contributed by atoms with Crippen LogP contribution in [0.2, 0.25) is 0 Å². The number of hydrogen-bond donors (Lipinski definition) is 2. The molecule has 0 aliphatic heterocycles. The van der Waals surface area contributed by atoms with Crippen molar-refractivity contribution in [1.29, 1.82) is 0 Å². The maximum absolute atomic E-state index is 13.1. The number of hydrogen-bond acceptors (Lipinski definition) is 8. The molecule has 1 aromatic carbocycles. The highest BCUT2D eigenvalue weighted by Gasteiger charge is 2.13. The lowest BCUT2D eigenvalue weighted by Gasteiger charge is -2.03. The second kappa shape index (κ2) is 9.04. The number of aromatic nitrogens is 4. The molecule has 0 fully saturated rings. The molecule has 1 atom stereocenters. The Bertz CT molecular complexity index is 1210.